The molecular weight excluding hydrogens is 248 g/mol. The molecule has 0 bridgehead atoms. The first-order valence-corrected chi connectivity index (χ1v) is 6.89. The zero-order valence-electron chi connectivity index (χ0n) is 10.9. The Bertz CT molecular complexity index is 438. The number of hydrogen-bond acceptors (Lipinski definition) is 2. The van der Waals surface area contributed by atoms with Crippen molar-refractivity contribution in [1.29, 1.82) is 0 Å². The molecule has 0 aromatic heterocycles. The molecule has 0 heterocycles. The fourth-order valence-corrected chi connectivity index (χ4v) is 2.46. The maximum absolute atomic E-state index is 12.2. The number of rotatable bonds is 6. The van der Waals surface area contributed by atoms with E-state index in [0.717, 1.165) is 24.0 Å². The van der Waals surface area contributed by atoms with E-state index in [0.29, 0.717) is 24.0 Å². The minimum atomic E-state index is -0.229. The lowest BCUT2D eigenvalue weighted by molar-refractivity contribution is -0.130. The lowest BCUT2D eigenvalue weighted by Gasteiger charge is -2.15. The zero-order chi connectivity index (χ0) is 13.1. The van der Waals surface area contributed by atoms with Gasteiger partial charge in [0.05, 0.1) is 0 Å². The first kappa shape index (κ1) is 13.6. The number of halogens is 1. The fourth-order valence-electron chi connectivity index (χ4n) is 2.15. The van der Waals surface area contributed by atoms with Crippen molar-refractivity contribution in [1.82, 2.24) is 0 Å². The number of carbonyl (C=O) groups excluding carboxylic acids is 1. The van der Waals surface area contributed by atoms with Crippen molar-refractivity contribution in [2.45, 2.75) is 39.2 Å². The molecule has 0 amide bonds. The monoisotopic (exact) mass is 266 g/mol. The molecule has 0 spiro atoms. The predicted molar refractivity (Wildman–Crippen MR) is 73.0 cm³/mol. The molecule has 18 heavy (non-hydrogen) atoms. The van der Waals surface area contributed by atoms with Gasteiger partial charge in [-0.25, -0.2) is 0 Å². The average Bonchev–Trinajstić information content (AvgIpc) is 3.13. The third-order valence-corrected chi connectivity index (χ3v) is 3.64. The quantitative estimate of drug-likeness (QED) is 0.787. The van der Waals surface area contributed by atoms with Gasteiger partial charge in [0, 0.05) is 18.1 Å². The molecule has 0 aliphatic heterocycles. The van der Waals surface area contributed by atoms with Crippen molar-refractivity contribution in [3.8, 4) is 0 Å². The molecule has 1 aromatic carbocycles. The molecular formula is C15H19ClO2. The topological polar surface area (TPSA) is 26.3 Å². The smallest absolute Gasteiger partial charge is 0.166 e. The summed E-state index contributed by atoms with van der Waals surface area (Å²) in [5.74, 6) is 0.590. The van der Waals surface area contributed by atoms with Crippen LogP contribution in [0.15, 0.2) is 18.2 Å². The summed E-state index contributed by atoms with van der Waals surface area (Å²) in [6.45, 7) is 4.51. The second-order valence-electron chi connectivity index (χ2n) is 4.95. The van der Waals surface area contributed by atoms with Crippen LogP contribution in [0, 0.1) is 12.8 Å². The number of benzene rings is 1. The van der Waals surface area contributed by atoms with Gasteiger partial charge in [-0.3, -0.25) is 4.79 Å². The van der Waals surface area contributed by atoms with Gasteiger partial charge in [-0.2, -0.15) is 0 Å². The van der Waals surface area contributed by atoms with Gasteiger partial charge < -0.3 is 4.74 Å². The molecule has 0 saturated heterocycles. The van der Waals surface area contributed by atoms with E-state index in [9.17, 15) is 4.79 Å². The van der Waals surface area contributed by atoms with Crippen molar-refractivity contribution >= 4 is 17.4 Å². The second-order valence-corrected chi connectivity index (χ2v) is 5.36. The first-order valence-electron chi connectivity index (χ1n) is 6.51. The number of carbonyl (C=O) groups is 1. The molecule has 1 atom stereocenters. The fraction of sp³-hybridized carbons (Fsp3) is 0.533. The lowest BCUT2D eigenvalue weighted by Crippen LogP contribution is -2.28. The van der Waals surface area contributed by atoms with Crippen LogP contribution in [0.1, 0.15) is 30.9 Å². The summed E-state index contributed by atoms with van der Waals surface area (Å²) < 4.78 is 5.57. The summed E-state index contributed by atoms with van der Waals surface area (Å²) in [5, 5.41) is 0.675. The Balaban J connectivity index is 2.05. The number of hydrogen-bond donors (Lipinski definition) is 0. The van der Waals surface area contributed by atoms with Crippen LogP contribution in [0.2, 0.25) is 5.02 Å². The van der Waals surface area contributed by atoms with Crippen LogP contribution in [0.25, 0.3) is 0 Å². The van der Waals surface area contributed by atoms with Gasteiger partial charge in [0.2, 0.25) is 0 Å². The molecule has 98 valence electrons. The molecule has 1 aromatic rings. The minimum Gasteiger partial charge on any atom is -0.370 e. The Morgan fingerprint density at radius 2 is 2.22 bits per heavy atom. The van der Waals surface area contributed by atoms with Crippen LogP contribution in [-0.4, -0.2) is 18.5 Å². The largest absolute Gasteiger partial charge is 0.370 e. The first-order chi connectivity index (χ1) is 8.61. The van der Waals surface area contributed by atoms with Crippen LogP contribution < -0.4 is 0 Å². The number of Topliss-reactive ketones (excluding diaryl/α,β-unsaturated/α-hetero) is 1. The molecule has 1 saturated carbocycles. The molecule has 0 N–H and O–H groups in total. The Hall–Kier alpha value is -0.860. The summed E-state index contributed by atoms with van der Waals surface area (Å²) in [6.07, 6.45) is 2.36. The molecule has 1 aliphatic carbocycles. The van der Waals surface area contributed by atoms with Crippen LogP contribution in [0.4, 0.5) is 0 Å². The third kappa shape index (κ3) is 3.33. The normalized spacial score (nSPS) is 16.6. The Morgan fingerprint density at radius 1 is 1.50 bits per heavy atom. The highest BCUT2D eigenvalue weighted by Gasteiger charge is 2.36. The molecule has 2 rings (SSSR count). The highest BCUT2D eigenvalue weighted by Crippen LogP contribution is 2.35. The Morgan fingerprint density at radius 3 is 2.78 bits per heavy atom. The van der Waals surface area contributed by atoms with Gasteiger partial charge in [-0.05, 0) is 49.8 Å². The molecule has 2 nitrogen and oxygen atoms in total. The molecule has 0 radical (unpaired) electrons. The van der Waals surface area contributed by atoms with Crippen molar-refractivity contribution in [2.75, 3.05) is 6.61 Å². The van der Waals surface area contributed by atoms with E-state index in [1.54, 1.807) is 0 Å². The Labute approximate surface area is 113 Å². The maximum Gasteiger partial charge on any atom is 0.166 e. The van der Waals surface area contributed by atoms with Crippen LogP contribution in [0.5, 0.6) is 0 Å². The van der Waals surface area contributed by atoms with Gasteiger partial charge in [0.1, 0.15) is 6.10 Å². The van der Waals surface area contributed by atoms with Crippen molar-refractivity contribution in [3.05, 3.63) is 34.3 Å². The summed E-state index contributed by atoms with van der Waals surface area (Å²) in [4.78, 5) is 12.2. The van der Waals surface area contributed by atoms with Crippen LogP contribution >= 0.6 is 11.6 Å². The van der Waals surface area contributed by atoms with Gasteiger partial charge in [0.25, 0.3) is 0 Å². The van der Waals surface area contributed by atoms with E-state index in [2.05, 4.69) is 0 Å². The van der Waals surface area contributed by atoms with E-state index in [-0.39, 0.29) is 11.9 Å². The standard InChI is InChI=1S/C15H19ClO2/c1-3-18-15(11-6-7-11)14(17)9-12-5-4-10(2)8-13(12)16/h4-5,8,11,15H,3,6-7,9H2,1-2H3. The number of aryl methyl sites for hydroxylation is 1. The summed E-state index contributed by atoms with van der Waals surface area (Å²) in [5.41, 5.74) is 2.01. The zero-order valence-corrected chi connectivity index (χ0v) is 11.7. The van der Waals surface area contributed by atoms with E-state index < -0.39 is 0 Å². The van der Waals surface area contributed by atoms with Gasteiger partial charge in [-0.15, -0.1) is 0 Å². The SMILES string of the molecule is CCOC(C(=O)Cc1ccc(C)cc1Cl)C1CC1. The highest BCUT2D eigenvalue weighted by atomic mass is 35.5. The lowest BCUT2D eigenvalue weighted by atomic mass is 10.0. The van der Waals surface area contributed by atoms with Crippen LogP contribution in [-0.2, 0) is 16.0 Å². The van der Waals surface area contributed by atoms with Gasteiger partial charge >= 0.3 is 0 Å². The highest BCUT2D eigenvalue weighted by molar-refractivity contribution is 6.31. The maximum atomic E-state index is 12.2. The van der Waals surface area contributed by atoms with Gasteiger partial charge in [0.15, 0.2) is 5.78 Å². The summed E-state index contributed by atoms with van der Waals surface area (Å²) in [7, 11) is 0. The predicted octanol–water partition coefficient (Wildman–Crippen LogP) is 3.58. The molecule has 1 fully saturated rings. The number of ether oxygens (including phenoxy) is 1. The Kier molecular flexibility index (Phi) is 4.41. The van der Waals surface area contributed by atoms with Crippen LogP contribution in [0.3, 0.4) is 0 Å². The summed E-state index contributed by atoms with van der Waals surface area (Å²) in [6, 6.07) is 5.82. The second kappa shape index (κ2) is 5.85. The molecule has 1 aliphatic rings. The summed E-state index contributed by atoms with van der Waals surface area (Å²) >= 11 is 6.16. The van der Waals surface area contributed by atoms with Crippen molar-refractivity contribution < 1.29 is 9.53 Å². The van der Waals surface area contributed by atoms with E-state index in [1.165, 1.54) is 0 Å². The number of ketones is 1. The van der Waals surface area contributed by atoms with Crippen molar-refractivity contribution in [2.24, 2.45) is 5.92 Å². The van der Waals surface area contributed by atoms with Gasteiger partial charge in [-0.1, -0.05) is 23.7 Å². The third-order valence-electron chi connectivity index (χ3n) is 3.29. The van der Waals surface area contributed by atoms with E-state index >= 15 is 0 Å². The van der Waals surface area contributed by atoms with E-state index in [4.69, 9.17) is 16.3 Å². The van der Waals surface area contributed by atoms with Crippen molar-refractivity contribution in [3.63, 3.8) is 0 Å². The molecule has 3 heteroatoms. The molecule has 1 unspecified atom stereocenters. The van der Waals surface area contributed by atoms with E-state index in [1.807, 2.05) is 32.0 Å². The minimum absolute atomic E-state index is 0.158. The average molecular weight is 267 g/mol.